The minimum absolute atomic E-state index is 0.00241. The number of hydrogen-bond donors (Lipinski definition) is 5. The molecule has 3 aromatic carbocycles. The van der Waals surface area contributed by atoms with Crippen LogP contribution in [0.2, 0.25) is 0 Å². The van der Waals surface area contributed by atoms with Gasteiger partial charge in [0.1, 0.15) is 41.5 Å². The Hall–Kier alpha value is -4.23. The summed E-state index contributed by atoms with van der Waals surface area (Å²) in [5.74, 6) is -0.797. The van der Waals surface area contributed by atoms with Crippen LogP contribution in [0.1, 0.15) is 12.0 Å². The van der Waals surface area contributed by atoms with Crippen LogP contribution in [-0.4, -0.2) is 126 Å². The lowest BCUT2D eigenvalue weighted by Crippen LogP contribution is -2.49. The maximum Gasteiger partial charge on any atom is 0.174 e. The molecule has 4 aromatic rings. The maximum atomic E-state index is 15.3. The molecule has 0 radical (unpaired) electrons. The summed E-state index contributed by atoms with van der Waals surface area (Å²) in [6.07, 6.45) is -4.45. The normalized spacial score (nSPS) is 13.8. The molecule has 4 atom stereocenters. The van der Waals surface area contributed by atoms with Crippen LogP contribution in [0.15, 0.2) is 59.9 Å². The summed E-state index contributed by atoms with van der Waals surface area (Å²) in [7, 11) is 7.85. The van der Waals surface area contributed by atoms with Crippen LogP contribution in [0.3, 0.4) is 0 Å². The molecule has 4 rings (SSSR count). The molecular formula is C36H45F3N4O9S. The molecule has 0 saturated heterocycles. The second kappa shape index (κ2) is 19.2. The first-order chi connectivity index (χ1) is 25.3. The van der Waals surface area contributed by atoms with Gasteiger partial charge in [0.2, 0.25) is 0 Å². The number of hydrogen-bond acceptors (Lipinski definition) is 13. The van der Waals surface area contributed by atoms with E-state index in [4.69, 9.17) is 24.1 Å². The average Bonchev–Trinajstić information content (AvgIpc) is 3.58. The molecule has 0 bridgehead atoms. The number of methoxy groups -OCH3 is 3. The molecule has 3 unspecified atom stereocenters. The Balaban J connectivity index is 1.46. The van der Waals surface area contributed by atoms with E-state index in [9.17, 15) is 24.8 Å². The Morgan fingerprint density at radius 2 is 1.47 bits per heavy atom. The second-order valence-electron chi connectivity index (χ2n) is 12.1. The van der Waals surface area contributed by atoms with Crippen molar-refractivity contribution in [2.75, 3.05) is 66.6 Å². The summed E-state index contributed by atoms with van der Waals surface area (Å²) in [5, 5.41) is 48.7. The van der Waals surface area contributed by atoms with Crippen LogP contribution in [-0.2, 0) is 5.75 Å². The minimum Gasteiger partial charge on any atom is -0.494 e. The molecule has 17 heteroatoms. The fourth-order valence-electron chi connectivity index (χ4n) is 5.40. The molecule has 0 amide bonds. The highest BCUT2D eigenvalue weighted by atomic mass is 32.2. The van der Waals surface area contributed by atoms with Gasteiger partial charge in [-0.3, -0.25) is 4.57 Å². The lowest BCUT2D eigenvalue weighted by Gasteiger charge is -2.28. The Morgan fingerprint density at radius 1 is 0.811 bits per heavy atom. The lowest BCUT2D eigenvalue weighted by molar-refractivity contribution is -0.118. The van der Waals surface area contributed by atoms with Gasteiger partial charge in [-0.05, 0) is 37.7 Å². The van der Waals surface area contributed by atoms with Crippen molar-refractivity contribution in [3.63, 3.8) is 0 Å². The average molecular weight is 767 g/mol. The predicted octanol–water partition coefficient (Wildman–Crippen LogP) is 3.51. The molecule has 0 aliphatic rings. The molecule has 13 nitrogen and oxygen atoms in total. The molecule has 0 saturated carbocycles. The van der Waals surface area contributed by atoms with Gasteiger partial charge in [-0.25, -0.2) is 18.2 Å². The van der Waals surface area contributed by atoms with E-state index in [2.05, 4.69) is 4.98 Å². The van der Waals surface area contributed by atoms with Gasteiger partial charge in [-0.2, -0.15) is 0 Å². The number of rotatable bonds is 20. The van der Waals surface area contributed by atoms with Crippen LogP contribution in [0.5, 0.6) is 23.0 Å². The van der Waals surface area contributed by atoms with Gasteiger partial charge in [0.15, 0.2) is 28.2 Å². The third-order valence-electron chi connectivity index (χ3n) is 8.44. The van der Waals surface area contributed by atoms with Crippen molar-refractivity contribution in [1.82, 2.24) is 14.5 Å². The summed E-state index contributed by atoms with van der Waals surface area (Å²) >= 11 is 1.07. The third kappa shape index (κ3) is 10.3. The van der Waals surface area contributed by atoms with Crippen molar-refractivity contribution in [3.8, 4) is 28.7 Å². The van der Waals surface area contributed by atoms with Gasteiger partial charge >= 0.3 is 0 Å². The van der Waals surface area contributed by atoms with Crippen LogP contribution in [0.4, 0.5) is 24.7 Å². The number of thioether (sulfide) groups is 1. The largest absolute Gasteiger partial charge is 0.494 e. The van der Waals surface area contributed by atoms with Gasteiger partial charge in [0, 0.05) is 61.4 Å². The Morgan fingerprint density at radius 3 is 2.11 bits per heavy atom. The molecule has 0 aliphatic heterocycles. The van der Waals surface area contributed by atoms with Gasteiger partial charge < -0.3 is 54.3 Å². The van der Waals surface area contributed by atoms with E-state index in [-0.39, 0.29) is 36.0 Å². The van der Waals surface area contributed by atoms with Crippen molar-refractivity contribution in [2.24, 2.45) is 0 Å². The van der Waals surface area contributed by atoms with Crippen molar-refractivity contribution < 1.29 is 57.7 Å². The molecule has 290 valence electrons. The number of halogens is 3. The van der Waals surface area contributed by atoms with Crippen LogP contribution in [0.25, 0.3) is 5.69 Å². The summed E-state index contributed by atoms with van der Waals surface area (Å²) < 4.78 is 68.4. The smallest absolute Gasteiger partial charge is 0.174 e. The zero-order chi connectivity index (χ0) is 38.8. The van der Waals surface area contributed by atoms with Crippen molar-refractivity contribution in [3.05, 3.63) is 77.7 Å². The maximum absolute atomic E-state index is 15.3. The molecular weight excluding hydrogens is 721 g/mol. The highest BCUT2D eigenvalue weighted by Gasteiger charge is 2.30. The number of benzene rings is 3. The number of anilines is 2. The van der Waals surface area contributed by atoms with Crippen molar-refractivity contribution in [2.45, 2.75) is 41.7 Å². The monoisotopic (exact) mass is 766 g/mol. The SMILES string of the molecule is COc1cc(-n2c(N(C)c3ccc(OC)c(OC)c3)cnc2SCc2c(F)cc(OCCCN(C)CC(O)C(O)C(O)[C@H](O)CO)cc2F)ccc1F. The first-order valence-electron chi connectivity index (χ1n) is 16.5. The summed E-state index contributed by atoms with van der Waals surface area (Å²) in [4.78, 5) is 8.01. The molecule has 5 N–H and O–H groups in total. The number of imidazole rings is 1. The summed E-state index contributed by atoms with van der Waals surface area (Å²) in [6, 6.07) is 11.8. The first-order valence-corrected chi connectivity index (χ1v) is 17.4. The summed E-state index contributed by atoms with van der Waals surface area (Å²) in [6.45, 7) is -0.402. The van der Waals surface area contributed by atoms with Gasteiger partial charge in [-0.1, -0.05) is 11.8 Å². The predicted molar refractivity (Wildman–Crippen MR) is 192 cm³/mol. The molecule has 53 heavy (non-hydrogen) atoms. The standard InChI is InChI=1S/C36H45F3N4O9S/c1-41(18-28(45)34(47)35(48)29(46)19-44)11-6-12-52-23-15-26(38)24(27(39)16-23)20-53-36-40-17-33(43(36)22-7-9-25(37)31(14-22)50-4)42(2)21-8-10-30(49-3)32(13-21)51-5/h7-10,13-17,28-29,34-35,44-48H,6,11-12,18-20H2,1-5H3/t28?,29-,34?,35?/m1/s1. The number of aliphatic hydroxyl groups is 5. The van der Waals surface area contributed by atoms with Gasteiger partial charge in [0.25, 0.3) is 0 Å². The fraction of sp³-hybridized carbons (Fsp3) is 0.417. The van der Waals surface area contributed by atoms with Crippen LogP contribution in [0, 0.1) is 17.5 Å². The van der Waals surface area contributed by atoms with E-state index in [0.717, 1.165) is 23.9 Å². The minimum atomic E-state index is -1.73. The molecule has 0 spiro atoms. The van der Waals surface area contributed by atoms with E-state index in [1.807, 2.05) is 11.0 Å². The highest BCUT2D eigenvalue weighted by Crippen LogP contribution is 2.38. The quantitative estimate of drug-likeness (QED) is 0.0657. The van der Waals surface area contributed by atoms with E-state index in [1.54, 1.807) is 48.0 Å². The molecule has 0 fully saturated rings. The molecule has 1 aromatic heterocycles. The van der Waals surface area contributed by atoms with E-state index >= 15 is 8.78 Å². The first kappa shape index (κ1) is 41.5. The highest BCUT2D eigenvalue weighted by molar-refractivity contribution is 7.98. The zero-order valence-corrected chi connectivity index (χ0v) is 30.8. The van der Waals surface area contributed by atoms with E-state index < -0.39 is 48.5 Å². The Kier molecular flexibility index (Phi) is 15.0. The van der Waals surface area contributed by atoms with Crippen LogP contribution >= 0.6 is 11.8 Å². The van der Waals surface area contributed by atoms with Crippen molar-refractivity contribution in [1.29, 1.82) is 0 Å². The molecule has 0 aliphatic carbocycles. The van der Waals surface area contributed by atoms with E-state index in [0.29, 0.717) is 46.8 Å². The zero-order valence-electron chi connectivity index (χ0n) is 29.9. The fourth-order valence-corrected chi connectivity index (χ4v) is 6.41. The van der Waals surface area contributed by atoms with Crippen molar-refractivity contribution >= 4 is 23.3 Å². The van der Waals surface area contributed by atoms with Gasteiger partial charge in [0.05, 0.1) is 52.5 Å². The summed E-state index contributed by atoms with van der Waals surface area (Å²) in [5.41, 5.74) is 0.994. The number of ether oxygens (including phenoxy) is 4. The number of likely N-dealkylation sites (N-methyl/N-ethyl adjacent to an activating group) is 1. The second-order valence-corrected chi connectivity index (χ2v) is 13.0. The number of nitrogens with zero attached hydrogens (tertiary/aromatic N) is 4. The third-order valence-corrected chi connectivity index (χ3v) is 9.42. The Labute approximate surface area is 309 Å². The number of aromatic nitrogens is 2. The van der Waals surface area contributed by atoms with E-state index in [1.165, 1.54) is 33.5 Å². The Bertz CT molecular complexity index is 1780. The number of aliphatic hydroxyl groups excluding tert-OH is 5. The topological polar surface area (TPSA) is 162 Å². The van der Waals surface area contributed by atoms with Crippen LogP contribution < -0.4 is 23.8 Å². The van der Waals surface area contributed by atoms with Gasteiger partial charge in [-0.15, -0.1) is 0 Å². The molecule has 1 heterocycles. The lowest BCUT2D eigenvalue weighted by atomic mass is 10.0.